The van der Waals surface area contributed by atoms with E-state index in [1.165, 1.54) is 0 Å². The molecule has 2 amide bonds. The zero-order valence-electron chi connectivity index (χ0n) is 12.4. The molecule has 1 aliphatic rings. The summed E-state index contributed by atoms with van der Waals surface area (Å²) in [6.45, 7) is 2.33. The van der Waals surface area contributed by atoms with Crippen LogP contribution in [-0.2, 0) is 11.3 Å². The number of urea groups is 1. The Kier molecular flexibility index (Phi) is 4.71. The first-order valence-electron chi connectivity index (χ1n) is 7.56. The molecular formula is C18H20N2O2. The van der Waals surface area contributed by atoms with Crippen molar-refractivity contribution in [3.8, 4) is 0 Å². The number of carbonyl (C=O) groups excluding carboxylic acids is 1. The van der Waals surface area contributed by atoms with Gasteiger partial charge in [-0.3, -0.25) is 0 Å². The molecule has 2 aromatic carbocycles. The Hall–Kier alpha value is -2.33. The predicted octanol–water partition coefficient (Wildman–Crippen LogP) is 2.97. The molecule has 2 aromatic rings. The van der Waals surface area contributed by atoms with E-state index in [1.807, 2.05) is 65.6 Å². The molecule has 0 aromatic heterocycles. The molecule has 114 valence electrons. The smallest absolute Gasteiger partial charge is 0.317 e. The summed E-state index contributed by atoms with van der Waals surface area (Å²) in [7, 11) is 0. The molecule has 0 unspecified atom stereocenters. The molecule has 1 N–H and O–H groups in total. The van der Waals surface area contributed by atoms with Crippen molar-refractivity contribution in [1.29, 1.82) is 0 Å². The minimum atomic E-state index is -0.0441. The minimum Gasteiger partial charge on any atom is -0.370 e. The maximum atomic E-state index is 12.3. The van der Waals surface area contributed by atoms with Gasteiger partial charge >= 0.3 is 6.03 Å². The largest absolute Gasteiger partial charge is 0.370 e. The summed E-state index contributed by atoms with van der Waals surface area (Å²) in [4.78, 5) is 14.1. The van der Waals surface area contributed by atoms with Gasteiger partial charge < -0.3 is 15.0 Å². The number of nitrogens with zero attached hydrogens (tertiary/aromatic N) is 1. The van der Waals surface area contributed by atoms with E-state index in [-0.39, 0.29) is 12.1 Å². The lowest BCUT2D eigenvalue weighted by Gasteiger charge is -2.33. The Morgan fingerprint density at radius 1 is 1.09 bits per heavy atom. The number of benzene rings is 2. The van der Waals surface area contributed by atoms with Gasteiger partial charge in [-0.05, 0) is 11.1 Å². The van der Waals surface area contributed by atoms with E-state index in [0.29, 0.717) is 26.2 Å². The molecule has 0 saturated carbocycles. The predicted molar refractivity (Wildman–Crippen MR) is 85.4 cm³/mol. The Morgan fingerprint density at radius 2 is 1.77 bits per heavy atom. The molecule has 0 spiro atoms. The lowest BCUT2D eigenvalue weighted by atomic mass is 10.1. The van der Waals surface area contributed by atoms with Crippen LogP contribution in [0.4, 0.5) is 4.79 Å². The van der Waals surface area contributed by atoms with Crippen molar-refractivity contribution in [3.63, 3.8) is 0 Å². The van der Waals surface area contributed by atoms with E-state index in [4.69, 9.17) is 4.74 Å². The Bertz CT molecular complexity index is 601. The fourth-order valence-corrected chi connectivity index (χ4v) is 2.59. The van der Waals surface area contributed by atoms with Gasteiger partial charge in [0.2, 0.25) is 0 Å². The summed E-state index contributed by atoms with van der Waals surface area (Å²) >= 11 is 0. The van der Waals surface area contributed by atoms with Crippen molar-refractivity contribution in [3.05, 3.63) is 71.8 Å². The third-order valence-corrected chi connectivity index (χ3v) is 3.81. The molecule has 22 heavy (non-hydrogen) atoms. The number of amides is 2. The number of ether oxygens (including phenoxy) is 1. The number of rotatable bonds is 3. The van der Waals surface area contributed by atoms with Gasteiger partial charge in [-0.2, -0.15) is 0 Å². The van der Waals surface area contributed by atoms with Crippen LogP contribution in [0.5, 0.6) is 0 Å². The number of nitrogens with one attached hydrogen (secondary N) is 1. The number of carbonyl (C=O) groups is 1. The summed E-state index contributed by atoms with van der Waals surface area (Å²) in [6, 6.07) is 19.9. The lowest BCUT2D eigenvalue weighted by molar-refractivity contribution is -0.0154. The van der Waals surface area contributed by atoms with E-state index in [1.54, 1.807) is 0 Å². The minimum absolute atomic E-state index is 0.0342. The zero-order chi connectivity index (χ0) is 15.2. The molecule has 0 radical (unpaired) electrons. The highest BCUT2D eigenvalue weighted by Crippen LogP contribution is 2.21. The van der Waals surface area contributed by atoms with Crippen LogP contribution >= 0.6 is 0 Å². The van der Waals surface area contributed by atoms with Gasteiger partial charge in [-0.25, -0.2) is 4.79 Å². The van der Waals surface area contributed by atoms with Crippen LogP contribution in [0.1, 0.15) is 17.2 Å². The van der Waals surface area contributed by atoms with Crippen molar-refractivity contribution in [1.82, 2.24) is 10.2 Å². The van der Waals surface area contributed by atoms with E-state index in [2.05, 4.69) is 5.32 Å². The number of hydrogen-bond acceptors (Lipinski definition) is 2. The van der Waals surface area contributed by atoms with Crippen LogP contribution in [-0.4, -0.2) is 30.6 Å². The molecule has 0 aliphatic carbocycles. The van der Waals surface area contributed by atoms with Crippen LogP contribution in [0, 0.1) is 0 Å². The van der Waals surface area contributed by atoms with Crippen LogP contribution < -0.4 is 5.32 Å². The van der Waals surface area contributed by atoms with Gasteiger partial charge in [0.25, 0.3) is 0 Å². The molecule has 4 nitrogen and oxygen atoms in total. The van der Waals surface area contributed by atoms with Gasteiger partial charge in [-0.15, -0.1) is 0 Å². The second kappa shape index (κ2) is 7.09. The molecule has 1 fully saturated rings. The van der Waals surface area contributed by atoms with Gasteiger partial charge in [0.1, 0.15) is 6.10 Å². The first-order chi connectivity index (χ1) is 10.8. The summed E-state index contributed by atoms with van der Waals surface area (Å²) in [5.41, 5.74) is 2.21. The Balaban J connectivity index is 1.56. The van der Waals surface area contributed by atoms with Gasteiger partial charge in [0.05, 0.1) is 13.2 Å². The molecule has 3 rings (SSSR count). The molecule has 1 saturated heterocycles. The first-order valence-corrected chi connectivity index (χ1v) is 7.56. The second-order valence-electron chi connectivity index (χ2n) is 5.36. The first kappa shape index (κ1) is 14.6. The summed E-state index contributed by atoms with van der Waals surface area (Å²) in [5, 5.41) is 2.97. The lowest BCUT2D eigenvalue weighted by Crippen LogP contribution is -2.46. The number of hydrogen-bond donors (Lipinski definition) is 1. The maximum Gasteiger partial charge on any atom is 0.317 e. The van der Waals surface area contributed by atoms with E-state index >= 15 is 0 Å². The normalized spacial score (nSPS) is 18.0. The fraction of sp³-hybridized carbons (Fsp3) is 0.278. The molecule has 4 heteroatoms. The van der Waals surface area contributed by atoms with E-state index in [0.717, 1.165) is 11.1 Å². The summed E-state index contributed by atoms with van der Waals surface area (Å²) in [5.74, 6) is 0. The average Bonchev–Trinajstić information content (AvgIpc) is 2.61. The Morgan fingerprint density at radius 3 is 2.50 bits per heavy atom. The van der Waals surface area contributed by atoms with Gasteiger partial charge in [0, 0.05) is 13.1 Å². The van der Waals surface area contributed by atoms with Crippen molar-refractivity contribution in [2.24, 2.45) is 0 Å². The molecule has 0 bridgehead atoms. The molecule has 1 heterocycles. The topological polar surface area (TPSA) is 41.6 Å². The van der Waals surface area contributed by atoms with E-state index < -0.39 is 0 Å². The SMILES string of the molecule is O=C(NCc1ccccc1)N1CCO[C@H](c2ccccc2)C1. The monoisotopic (exact) mass is 296 g/mol. The van der Waals surface area contributed by atoms with E-state index in [9.17, 15) is 4.79 Å². The molecule has 1 atom stereocenters. The second-order valence-corrected chi connectivity index (χ2v) is 5.36. The van der Waals surface area contributed by atoms with Crippen molar-refractivity contribution in [2.75, 3.05) is 19.7 Å². The summed E-state index contributed by atoms with van der Waals surface area (Å²) in [6.07, 6.45) is -0.0441. The average molecular weight is 296 g/mol. The summed E-state index contributed by atoms with van der Waals surface area (Å²) < 4.78 is 5.79. The fourth-order valence-electron chi connectivity index (χ4n) is 2.59. The Labute approximate surface area is 130 Å². The van der Waals surface area contributed by atoms with Gasteiger partial charge in [0.15, 0.2) is 0 Å². The molecular weight excluding hydrogens is 276 g/mol. The highest BCUT2D eigenvalue weighted by molar-refractivity contribution is 5.74. The standard InChI is InChI=1S/C18H20N2O2/c21-18(19-13-15-7-3-1-4-8-15)20-11-12-22-17(14-20)16-9-5-2-6-10-16/h1-10,17H,11-14H2,(H,19,21)/t17-/m0/s1. The van der Waals surface area contributed by atoms with Crippen LogP contribution in [0.25, 0.3) is 0 Å². The highest BCUT2D eigenvalue weighted by Gasteiger charge is 2.24. The number of morpholine rings is 1. The van der Waals surface area contributed by atoms with Crippen LogP contribution in [0.3, 0.4) is 0 Å². The van der Waals surface area contributed by atoms with Crippen molar-refractivity contribution in [2.45, 2.75) is 12.6 Å². The van der Waals surface area contributed by atoms with Crippen LogP contribution in [0.2, 0.25) is 0 Å². The van der Waals surface area contributed by atoms with Gasteiger partial charge in [-0.1, -0.05) is 60.7 Å². The third kappa shape index (κ3) is 3.65. The zero-order valence-corrected chi connectivity index (χ0v) is 12.4. The highest BCUT2D eigenvalue weighted by atomic mass is 16.5. The van der Waals surface area contributed by atoms with Crippen molar-refractivity contribution >= 4 is 6.03 Å². The molecule has 1 aliphatic heterocycles. The maximum absolute atomic E-state index is 12.3. The van der Waals surface area contributed by atoms with Crippen LogP contribution in [0.15, 0.2) is 60.7 Å². The third-order valence-electron chi connectivity index (χ3n) is 3.81. The van der Waals surface area contributed by atoms with Crippen molar-refractivity contribution < 1.29 is 9.53 Å². The quantitative estimate of drug-likeness (QED) is 0.946.